The lowest BCUT2D eigenvalue weighted by atomic mass is 10.0. The van der Waals surface area contributed by atoms with E-state index in [1.807, 2.05) is 26.0 Å². The van der Waals surface area contributed by atoms with Gasteiger partial charge in [0.2, 0.25) is 0 Å². The molecule has 0 spiro atoms. The average molecular weight is 454 g/mol. The van der Waals surface area contributed by atoms with Crippen LogP contribution in [0.25, 0.3) is 5.57 Å². The van der Waals surface area contributed by atoms with E-state index in [-0.39, 0.29) is 24.4 Å². The van der Waals surface area contributed by atoms with Gasteiger partial charge in [0.05, 0.1) is 31.6 Å². The number of rotatable bonds is 9. The Bertz CT molecular complexity index is 1010. The molecule has 0 aromatic heterocycles. The zero-order chi connectivity index (χ0) is 23.8. The monoisotopic (exact) mass is 453 g/mol. The summed E-state index contributed by atoms with van der Waals surface area (Å²) in [6.45, 7) is 9.07. The van der Waals surface area contributed by atoms with Crippen LogP contribution in [0.15, 0.2) is 43.0 Å². The fraction of sp³-hybridized carbons (Fsp3) is 0.385. The van der Waals surface area contributed by atoms with Gasteiger partial charge in [-0.15, -0.1) is 0 Å². The minimum atomic E-state index is -0.529. The number of amides is 1. The third kappa shape index (κ3) is 6.66. The number of nitrogens with one attached hydrogen (secondary N) is 1. The van der Waals surface area contributed by atoms with E-state index in [4.69, 9.17) is 18.9 Å². The molecule has 1 N–H and O–H groups in total. The Morgan fingerprint density at radius 3 is 2.58 bits per heavy atom. The molecule has 1 amide bonds. The van der Waals surface area contributed by atoms with Crippen molar-refractivity contribution in [3.63, 3.8) is 0 Å². The first kappa shape index (κ1) is 24.5. The Labute approximate surface area is 194 Å². The first-order chi connectivity index (χ1) is 15.9. The van der Waals surface area contributed by atoms with Crippen LogP contribution in [0.2, 0.25) is 0 Å². The molecular weight excluding hydrogens is 422 g/mol. The summed E-state index contributed by atoms with van der Waals surface area (Å²) in [7, 11) is 1.30. The molecule has 1 saturated heterocycles. The van der Waals surface area contributed by atoms with Gasteiger partial charge in [0.1, 0.15) is 5.75 Å². The third-order valence-electron chi connectivity index (χ3n) is 5.27. The van der Waals surface area contributed by atoms with Gasteiger partial charge < -0.3 is 24.3 Å². The normalized spacial score (nSPS) is 15.5. The van der Waals surface area contributed by atoms with Crippen molar-refractivity contribution in [1.82, 2.24) is 0 Å². The van der Waals surface area contributed by atoms with Crippen LogP contribution in [-0.2, 0) is 20.8 Å². The van der Waals surface area contributed by atoms with Gasteiger partial charge in [0.25, 0.3) is 5.91 Å². The highest BCUT2D eigenvalue weighted by Crippen LogP contribution is 2.29. The minimum absolute atomic E-state index is 0.213. The molecule has 176 valence electrons. The molecule has 33 heavy (non-hydrogen) atoms. The molecule has 7 heteroatoms. The first-order valence-electron chi connectivity index (χ1n) is 11.1. The molecule has 0 saturated carbocycles. The molecule has 1 aliphatic heterocycles. The molecule has 2 aromatic rings. The predicted molar refractivity (Wildman–Crippen MR) is 126 cm³/mol. The number of esters is 1. The van der Waals surface area contributed by atoms with E-state index >= 15 is 0 Å². The van der Waals surface area contributed by atoms with Crippen molar-refractivity contribution in [1.29, 1.82) is 0 Å². The number of hydrogen-bond donors (Lipinski definition) is 1. The molecule has 0 radical (unpaired) electrons. The minimum Gasteiger partial charge on any atom is -0.492 e. The molecule has 0 bridgehead atoms. The van der Waals surface area contributed by atoms with Gasteiger partial charge in [-0.2, -0.15) is 0 Å². The molecule has 1 heterocycles. The largest absolute Gasteiger partial charge is 0.492 e. The van der Waals surface area contributed by atoms with E-state index in [0.717, 1.165) is 30.4 Å². The molecule has 1 unspecified atom stereocenters. The Balaban J connectivity index is 1.86. The second-order valence-electron chi connectivity index (χ2n) is 7.90. The van der Waals surface area contributed by atoms with E-state index < -0.39 is 5.97 Å². The molecule has 1 fully saturated rings. The molecule has 7 nitrogen and oxygen atoms in total. The lowest BCUT2D eigenvalue weighted by molar-refractivity contribution is -0.168. The van der Waals surface area contributed by atoms with E-state index in [0.29, 0.717) is 35.8 Å². The first-order valence-corrected chi connectivity index (χ1v) is 11.1. The molecule has 1 aliphatic rings. The quantitative estimate of drug-likeness (QED) is 0.526. The number of anilines is 1. The van der Waals surface area contributed by atoms with Gasteiger partial charge >= 0.3 is 5.97 Å². The summed E-state index contributed by atoms with van der Waals surface area (Å²) in [5, 5.41) is 2.90. The summed E-state index contributed by atoms with van der Waals surface area (Å²) in [5.74, 6) is -0.354. The van der Waals surface area contributed by atoms with Gasteiger partial charge in [-0.25, -0.2) is 4.79 Å². The molecular formula is C26H31NO6. The number of carbonyl (C=O) groups excluding carboxylic acids is 2. The van der Waals surface area contributed by atoms with Crippen LogP contribution in [0, 0.1) is 0 Å². The zero-order valence-electron chi connectivity index (χ0n) is 19.4. The fourth-order valence-corrected chi connectivity index (χ4v) is 3.54. The topological polar surface area (TPSA) is 83.1 Å². The second-order valence-corrected chi connectivity index (χ2v) is 7.90. The molecule has 3 rings (SSSR count). The Morgan fingerprint density at radius 2 is 1.91 bits per heavy atom. The van der Waals surface area contributed by atoms with Gasteiger partial charge in [-0.3, -0.25) is 4.79 Å². The number of carbonyl (C=O) groups is 2. The maximum Gasteiger partial charge on any atom is 0.337 e. The number of hydrogen-bond acceptors (Lipinski definition) is 6. The standard InChI is InChI=1S/C26H31NO6/c1-5-31-23-10-9-19(17(2)3)15-22(23)27-25(28)20-12-18(13-21(14-20)26(29)30-4)16-33-24-8-6-7-11-32-24/h9-10,12-15,24H,2,5-8,11,16H2,1,3-4H3,(H,27,28). The van der Waals surface area contributed by atoms with Crippen molar-refractivity contribution in [2.24, 2.45) is 0 Å². The van der Waals surface area contributed by atoms with Crippen LogP contribution in [0.3, 0.4) is 0 Å². The predicted octanol–water partition coefficient (Wildman–Crippen LogP) is 5.20. The maximum absolute atomic E-state index is 13.2. The Hall–Kier alpha value is -3.16. The molecule has 0 aliphatic carbocycles. The Morgan fingerprint density at radius 1 is 1.12 bits per heavy atom. The number of allylic oxidation sites excluding steroid dienone is 1. The maximum atomic E-state index is 13.2. The van der Waals surface area contributed by atoms with Gasteiger partial charge in [0.15, 0.2) is 6.29 Å². The van der Waals surface area contributed by atoms with Gasteiger partial charge in [-0.05, 0) is 74.6 Å². The van der Waals surface area contributed by atoms with Crippen molar-refractivity contribution in [3.05, 3.63) is 65.2 Å². The lowest BCUT2D eigenvalue weighted by Gasteiger charge is -2.23. The van der Waals surface area contributed by atoms with Crippen LogP contribution in [-0.4, -0.2) is 38.5 Å². The van der Waals surface area contributed by atoms with E-state index in [9.17, 15) is 9.59 Å². The summed E-state index contributed by atoms with van der Waals surface area (Å²) in [6.07, 6.45) is 2.62. The number of ether oxygens (including phenoxy) is 4. The second kappa shape index (κ2) is 11.6. The summed E-state index contributed by atoms with van der Waals surface area (Å²) >= 11 is 0. The van der Waals surface area contributed by atoms with Crippen molar-refractivity contribution in [2.75, 3.05) is 25.6 Å². The van der Waals surface area contributed by atoms with Gasteiger partial charge in [-0.1, -0.05) is 18.2 Å². The highest BCUT2D eigenvalue weighted by atomic mass is 16.7. The van der Waals surface area contributed by atoms with Crippen molar-refractivity contribution in [3.8, 4) is 5.75 Å². The Kier molecular flexibility index (Phi) is 8.63. The van der Waals surface area contributed by atoms with Crippen LogP contribution < -0.4 is 10.1 Å². The highest BCUT2D eigenvalue weighted by molar-refractivity contribution is 6.06. The van der Waals surface area contributed by atoms with Crippen molar-refractivity contribution < 1.29 is 28.5 Å². The van der Waals surface area contributed by atoms with Crippen molar-refractivity contribution in [2.45, 2.75) is 46.0 Å². The average Bonchev–Trinajstić information content (AvgIpc) is 2.83. The SMILES string of the molecule is C=C(C)c1ccc(OCC)c(NC(=O)c2cc(COC3CCCCO3)cc(C(=O)OC)c2)c1. The number of benzene rings is 2. The summed E-state index contributed by atoms with van der Waals surface area (Å²) < 4.78 is 22.0. The zero-order valence-corrected chi connectivity index (χ0v) is 19.4. The third-order valence-corrected chi connectivity index (χ3v) is 5.27. The number of methoxy groups -OCH3 is 1. The van der Waals surface area contributed by atoms with Crippen molar-refractivity contribution >= 4 is 23.1 Å². The fourth-order valence-electron chi connectivity index (χ4n) is 3.54. The van der Waals surface area contributed by atoms with Crippen LogP contribution in [0.4, 0.5) is 5.69 Å². The van der Waals surface area contributed by atoms with E-state index in [2.05, 4.69) is 11.9 Å². The van der Waals surface area contributed by atoms with E-state index in [1.165, 1.54) is 13.2 Å². The summed E-state index contributed by atoms with van der Waals surface area (Å²) in [6, 6.07) is 10.4. The van der Waals surface area contributed by atoms with Crippen LogP contribution in [0.5, 0.6) is 5.75 Å². The molecule has 1 atom stereocenters. The highest BCUT2D eigenvalue weighted by Gasteiger charge is 2.18. The smallest absolute Gasteiger partial charge is 0.337 e. The van der Waals surface area contributed by atoms with E-state index in [1.54, 1.807) is 18.2 Å². The molecule has 2 aromatic carbocycles. The van der Waals surface area contributed by atoms with Crippen LogP contribution >= 0.6 is 0 Å². The lowest BCUT2D eigenvalue weighted by Crippen LogP contribution is -2.22. The summed E-state index contributed by atoms with van der Waals surface area (Å²) in [5.41, 5.74) is 3.54. The summed E-state index contributed by atoms with van der Waals surface area (Å²) in [4.78, 5) is 25.4. The van der Waals surface area contributed by atoms with Gasteiger partial charge in [0, 0.05) is 12.2 Å². The van der Waals surface area contributed by atoms with Crippen LogP contribution in [0.1, 0.15) is 65.0 Å².